The maximum absolute atomic E-state index is 12.8. The van der Waals surface area contributed by atoms with Gasteiger partial charge in [-0.1, -0.05) is 38.1 Å². The van der Waals surface area contributed by atoms with E-state index in [9.17, 15) is 31.2 Å². The van der Waals surface area contributed by atoms with E-state index in [1.807, 2.05) is 0 Å². The summed E-state index contributed by atoms with van der Waals surface area (Å²) in [6.07, 6.45) is -4.92. The Kier molecular flexibility index (Phi) is 7.80. The lowest BCUT2D eigenvalue weighted by atomic mass is 10.1. The lowest BCUT2D eigenvalue weighted by molar-refractivity contribution is -0.137. The van der Waals surface area contributed by atoms with Crippen molar-refractivity contribution < 1.29 is 31.2 Å². The van der Waals surface area contributed by atoms with Gasteiger partial charge in [-0.25, -0.2) is 8.42 Å². The molecular formula is C20H22F3N3O4S. The number of carbonyl (C=O) groups is 2. The molecule has 11 heteroatoms. The van der Waals surface area contributed by atoms with Crippen LogP contribution in [0.25, 0.3) is 0 Å². The van der Waals surface area contributed by atoms with Crippen LogP contribution in [-0.4, -0.2) is 37.6 Å². The third kappa shape index (κ3) is 6.28. The highest BCUT2D eigenvalue weighted by molar-refractivity contribution is 7.89. The van der Waals surface area contributed by atoms with Gasteiger partial charge >= 0.3 is 6.18 Å². The van der Waals surface area contributed by atoms with Crippen LogP contribution in [0.4, 0.5) is 13.2 Å². The number of halogens is 3. The first-order valence-corrected chi connectivity index (χ1v) is 10.8. The highest BCUT2D eigenvalue weighted by Crippen LogP contribution is 2.29. The quantitative estimate of drug-likeness (QED) is 0.625. The predicted molar refractivity (Wildman–Crippen MR) is 107 cm³/mol. The average Bonchev–Trinajstić information content (AvgIpc) is 2.72. The molecule has 2 aromatic rings. The number of hydrogen-bond acceptors (Lipinski definition) is 4. The molecule has 0 spiro atoms. The number of rotatable bonds is 7. The fourth-order valence-electron chi connectivity index (χ4n) is 2.80. The number of hydrazine groups is 1. The van der Waals surface area contributed by atoms with Gasteiger partial charge < -0.3 is 0 Å². The standard InChI is InChI=1S/C20H22F3N3O4S/c1-3-26(4-2)31(29,30)17-10-6-8-15(13-17)19(28)25-24-18(27)12-14-7-5-9-16(11-14)20(21,22)23/h5-11,13H,3-4,12H2,1-2H3,(H,24,27)(H,25,28). The number of nitrogens with one attached hydrogen (secondary N) is 2. The Morgan fingerprint density at radius 2 is 1.61 bits per heavy atom. The molecule has 0 bridgehead atoms. The number of sulfonamides is 1. The van der Waals surface area contributed by atoms with Crippen LogP contribution in [0.2, 0.25) is 0 Å². The predicted octanol–water partition coefficient (Wildman–Crippen LogP) is 2.74. The molecule has 0 heterocycles. The average molecular weight is 457 g/mol. The molecule has 0 fully saturated rings. The third-order valence-electron chi connectivity index (χ3n) is 4.37. The molecule has 0 aliphatic heterocycles. The van der Waals surface area contributed by atoms with Crippen molar-refractivity contribution in [2.75, 3.05) is 13.1 Å². The van der Waals surface area contributed by atoms with Crippen LogP contribution in [0.3, 0.4) is 0 Å². The summed E-state index contributed by atoms with van der Waals surface area (Å²) < 4.78 is 64.7. The minimum atomic E-state index is -4.53. The van der Waals surface area contributed by atoms with Gasteiger partial charge in [0.1, 0.15) is 0 Å². The monoisotopic (exact) mass is 457 g/mol. The van der Waals surface area contributed by atoms with E-state index in [2.05, 4.69) is 10.9 Å². The summed E-state index contributed by atoms with van der Waals surface area (Å²) in [5.74, 6) is -1.51. The van der Waals surface area contributed by atoms with Crippen molar-refractivity contribution in [1.29, 1.82) is 0 Å². The van der Waals surface area contributed by atoms with Crippen LogP contribution in [0.15, 0.2) is 53.4 Å². The zero-order valence-electron chi connectivity index (χ0n) is 16.9. The molecule has 31 heavy (non-hydrogen) atoms. The van der Waals surface area contributed by atoms with Gasteiger partial charge in [0.05, 0.1) is 16.9 Å². The normalized spacial score (nSPS) is 11.9. The Bertz CT molecular complexity index is 1050. The van der Waals surface area contributed by atoms with E-state index in [0.717, 1.165) is 12.1 Å². The summed E-state index contributed by atoms with van der Waals surface area (Å²) >= 11 is 0. The van der Waals surface area contributed by atoms with Crippen molar-refractivity contribution in [3.8, 4) is 0 Å². The van der Waals surface area contributed by atoms with Crippen molar-refractivity contribution >= 4 is 21.8 Å². The van der Waals surface area contributed by atoms with Gasteiger partial charge in [0.15, 0.2) is 0 Å². The van der Waals surface area contributed by atoms with Crippen molar-refractivity contribution in [2.45, 2.75) is 31.3 Å². The molecule has 2 aromatic carbocycles. The van der Waals surface area contributed by atoms with Crippen molar-refractivity contribution in [3.63, 3.8) is 0 Å². The smallest absolute Gasteiger partial charge is 0.273 e. The molecule has 0 aliphatic rings. The third-order valence-corrected chi connectivity index (χ3v) is 6.42. The van der Waals surface area contributed by atoms with Gasteiger partial charge in [-0.15, -0.1) is 0 Å². The second-order valence-corrected chi connectivity index (χ2v) is 8.43. The molecule has 2 amide bonds. The minimum absolute atomic E-state index is 0.00685. The number of carbonyl (C=O) groups excluding carboxylic acids is 2. The van der Waals surface area contributed by atoms with Gasteiger partial charge in [-0.3, -0.25) is 20.4 Å². The lowest BCUT2D eigenvalue weighted by Gasteiger charge is -2.18. The second kappa shape index (κ2) is 9.92. The van der Waals surface area contributed by atoms with Crippen LogP contribution < -0.4 is 10.9 Å². The highest BCUT2D eigenvalue weighted by atomic mass is 32.2. The Hall–Kier alpha value is -2.92. The van der Waals surface area contributed by atoms with E-state index in [0.29, 0.717) is 0 Å². The van der Waals surface area contributed by atoms with E-state index in [-0.39, 0.29) is 35.5 Å². The van der Waals surface area contributed by atoms with E-state index in [4.69, 9.17) is 0 Å². The zero-order valence-corrected chi connectivity index (χ0v) is 17.7. The van der Waals surface area contributed by atoms with E-state index in [1.54, 1.807) is 13.8 Å². The van der Waals surface area contributed by atoms with E-state index >= 15 is 0 Å². The lowest BCUT2D eigenvalue weighted by Crippen LogP contribution is -2.42. The first kappa shape index (κ1) is 24.4. The Balaban J connectivity index is 2.04. The fraction of sp³-hybridized carbons (Fsp3) is 0.300. The second-order valence-electron chi connectivity index (χ2n) is 6.49. The van der Waals surface area contributed by atoms with Crippen LogP contribution in [-0.2, 0) is 27.4 Å². The maximum atomic E-state index is 12.8. The summed E-state index contributed by atoms with van der Waals surface area (Å²) in [7, 11) is -3.77. The Labute approximate surface area is 178 Å². The molecule has 2 N–H and O–H groups in total. The van der Waals surface area contributed by atoms with Gasteiger partial charge in [0.2, 0.25) is 15.9 Å². The zero-order chi connectivity index (χ0) is 23.2. The molecule has 7 nitrogen and oxygen atoms in total. The molecule has 0 aromatic heterocycles. The summed E-state index contributed by atoms with van der Waals surface area (Å²) in [6.45, 7) is 3.91. The molecule has 0 aliphatic carbocycles. The molecule has 0 atom stereocenters. The minimum Gasteiger partial charge on any atom is -0.273 e. The van der Waals surface area contributed by atoms with Gasteiger partial charge in [0.25, 0.3) is 5.91 Å². The first-order chi connectivity index (χ1) is 14.5. The van der Waals surface area contributed by atoms with Crippen LogP contribution in [0, 0.1) is 0 Å². The topological polar surface area (TPSA) is 95.6 Å². The number of benzene rings is 2. The number of hydrogen-bond donors (Lipinski definition) is 2. The summed E-state index contributed by atoms with van der Waals surface area (Å²) in [4.78, 5) is 24.2. The maximum Gasteiger partial charge on any atom is 0.416 e. The van der Waals surface area contributed by atoms with Crippen LogP contribution in [0.1, 0.15) is 35.3 Å². The first-order valence-electron chi connectivity index (χ1n) is 9.34. The van der Waals surface area contributed by atoms with Crippen molar-refractivity contribution in [3.05, 3.63) is 65.2 Å². The molecular weight excluding hydrogens is 435 g/mol. The summed E-state index contributed by atoms with van der Waals surface area (Å²) in [5.41, 5.74) is 3.47. The fourth-order valence-corrected chi connectivity index (χ4v) is 4.30. The molecule has 0 saturated carbocycles. The van der Waals surface area contributed by atoms with Gasteiger partial charge in [-0.2, -0.15) is 17.5 Å². The Morgan fingerprint density at radius 1 is 0.968 bits per heavy atom. The largest absolute Gasteiger partial charge is 0.416 e. The number of alkyl halides is 3. The summed E-state index contributed by atoms with van der Waals surface area (Å²) in [5, 5.41) is 0. The molecule has 168 valence electrons. The van der Waals surface area contributed by atoms with Crippen molar-refractivity contribution in [2.24, 2.45) is 0 Å². The number of nitrogens with zero attached hydrogens (tertiary/aromatic N) is 1. The van der Waals surface area contributed by atoms with E-state index in [1.165, 1.54) is 40.7 Å². The Morgan fingerprint density at radius 3 is 2.23 bits per heavy atom. The van der Waals surface area contributed by atoms with Crippen LogP contribution >= 0.6 is 0 Å². The molecule has 0 radical (unpaired) electrons. The van der Waals surface area contributed by atoms with Gasteiger partial charge in [0, 0.05) is 18.7 Å². The summed E-state index contributed by atoms with van der Waals surface area (Å²) in [6, 6.07) is 9.60. The molecule has 0 saturated heterocycles. The van der Waals surface area contributed by atoms with Crippen molar-refractivity contribution in [1.82, 2.24) is 15.2 Å². The number of amides is 2. The van der Waals surface area contributed by atoms with E-state index < -0.39 is 33.6 Å². The molecule has 0 unspecified atom stereocenters. The highest BCUT2D eigenvalue weighted by Gasteiger charge is 2.30. The van der Waals surface area contributed by atoms with Gasteiger partial charge in [-0.05, 0) is 29.8 Å². The molecule has 2 rings (SSSR count). The van der Waals surface area contributed by atoms with Crippen LogP contribution in [0.5, 0.6) is 0 Å². The SMILES string of the molecule is CCN(CC)S(=O)(=O)c1cccc(C(=O)NNC(=O)Cc2cccc(C(F)(F)F)c2)c1.